The molecule has 6 nitrogen and oxygen atoms in total. The first-order valence-electron chi connectivity index (χ1n) is 12.8. The summed E-state index contributed by atoms with van der Waals surface area (Å²) in [5.41, 5.74) is -1.74. The lowest BCUT2D eigenvalue weighted by molar-refractivity contribution is -0.113. The molecular formula is C26H39F4N3O3. The fourth-order valence-electron chi connectivity index (χ4n) is 5.65. The molecule has 10 heteroatoms. The van der Waals surface area contributed by atoms with Gasteiger partial charge in [-0.15, -0.1) is 0 Å². The molecule has 2 aliphatic rings. The Morgan fingerprint density at radius 3 is 2.72 bits per heavy atom. The third-order valence-corrected chi connectivity index (χ3v) is 7.53. The maximum atomic E-state index is 14.8. The molecule has 204 valence electrons. The number of rotatable bonds is 12. The van der Waals surface area contributed by atoms with E-state index in [-0.39, 0.29) is 49.4 Å². The second-order valence-electron chi connectivity index (χ2n) is 10.3. The van der Waals surface area contributed by atoms with Crippen LogP contribution in [-0.2, 0) is 10.3 Å². The Morgan fingerprint density at radius 2 is 2.06 bits per heavy atom. The topological polar surface area (TPSA) is 73.8 Å². The molecule has 3 N–H and O–H groups in total. The van der Waals surface area contributed by atoms with Crippen LogP contribution in [0.2, 0.25) is 0 Å². The maximum Gasteiger partial charge on any atom is 0.317 e. The molecule has 3 atom stereocenters. The van der Waals surface area contributed by atoms with Crippen molar-refractivity contribution in [3.63, 3.8) is 0 Å². The second kappa shape index (κ2) is 12.6. The zero-order chi connectivity index (χ0) is 26.3. The quantitative estimate of drug-likeness (QED) is 0.284. The van der Waals surface area contributed by atoms with Crippen molar-refractivity contribution in [2.75, 3.05) is 40.4 Å². The molecule has 0 aromatic heterocycles. The Balaban J connectivity index is 1.71. The van der Waals surface area contributed by atoms with Crippen LogP contribution in [0.3, 0.4) is 0 Å². The Hall–Kier alpha value is -1.91. The molecule has 3 unspecified atom stereocenters. The monoisotopic (exact) mass is 517 g/mol. The van der Waals surface area contributed by atoms with Gasteiger partial charge in [-0.2, -0.15) is 0 Å². The number of halogens is 4. The van der Waals surface area contributed by atoms with Gasteiger partial charge in [0.1, 0.15) is 0 Å². The van der Waals surface area contributed by atoms with Gasteiger partial charge in [-0.25, -0.2) is 22.4 Å². The van der Waals surface area contributed by atoms with Gasteiger partial charge < -0.3 is 25.4 Å². The summed E-state index contributed by atoms with van der Waals surface area (Å²) in [7, 11) is 3.32. The van der Waals surface area contributed by atoms with E-state index < -0.39 is 29.1 Å². The minimum atomic E-state index is -2.61. The molecule has 3 rings (SSSR count). The zero-order valence-corrected chi connectivity index (χ0v) is 21.2. The van der Waals surface area contributed by atoms with Crippen LogP contribution >= 0.6 is 0 Å². The number of ether oxygens (including phenoxy) is 1. The van der Waals surface area contributed by atoms with Gasteiger partial charge in [-0.05, 0) is 57.6 Å². The van der Waals surface area contributed by atoms with Crippen molar-refractivity contribution in [1.82, 2.24) is 15.5 Å². The number of unbranched alkanes of at least 4 members (excludes halogenated alkanes) is 1. The molecule has 1 aliphatic heterocycles. The molecule has 1 aliphatic carbocycles. The highest BCUT2D eigenvalue weighted by atomic mass is 19.3. The lowest BCUT2D eigenvalue weighted by Gasteiger charge is -2.43. The second-order valence-corrected chi connectivity index (χ2v) is 10.3. The molecule has 2 amide bonds. The van der Waals surface area contributed by atoms with Crippen molar-refractivity contribution >= 4 is 6.03 Å². The predicted octanol–water partition coefficient (Wildman–Crippen LogP) is 4.41. The van der Waals surface area contributed by atoms with Crippen molar-refractivity contribution in [3.8, 4) is 0 Å². The predicted molar refractivity (Wildman–Crippen MR) is 129 cm³/mol. The number of nitrogens with zero attached hydrogens (tertiary/aromatic N) is 1. The maximum absolute atomic E-state index is 14.8. The summed E-state index contributed by atoms with van der Waals surface area (Å²) in [5, 5.41) is 17.8. The molecule has 1 heterocycles. The van der Waals surface area contributed by atoms with E-state index in [1.165, 1.54) is 12.1 Å². The van der Waals surface area contributed by atoms with Crippen LogP contribution in [0.4, 0.5) is 22.4 Å². The molecule has 1 aromatic carbocycles. The number of methoxy groups -OCH3 is 1. The Labute approximate surface area is 210 Å². The van der Waals surface area contributed by atoms with Gasteiger partial charge in [0.25, 0.3) is 0 Å². The van der Waals surface area contributed by atoms with Crippen molar-refractivity contribution in [3.05, 3.63) is 35.4 Å². The van der Waals surface area contributed by atoms with Gasteiger partial charge in [0.05, 0.1) is 5.60 Å². The summed E-state index contributed by atoms with van der Waals surface area (Å²) >= 11 is 0. The summed E-state index contributed by atoms with van der Waals surface area (Å²) in [4.78, 5) is 14.7. The third kappa shape index (κ3) is 7.10. The smallest absolute Gasteiger partial charge is 0.317 e. The van der Waals surface area contributed by atoms with Crippen LogP contribution in [0, 0.1) is 23.5 Å². The molecule has 36 heavy (non-hydrogen) atoms. The lowest BCUT2D eigenvalue weighted by Crippen LogP contribution is -2.54. The summed E-state index contributed by atoms with van der Waals surface area (Å²) in [6.45, 7) is 1.57. The number of likely N-dealkylation sites (tertiary alicyclic amines) is 1. The Morgan fingerprint density at radius 1 is 1.31 bits per heavy atom. The minimum Gasteiger partial charge on any atom is -0.385 e. The fraction of sp³-hybridized carbons (Fsp3) is 0.731. The van der Waals surface area contributed by atoms with E-state index in [2.05, 4.69) is 10.6 Å². The highest BCUT2D eigenvalue weighted by Crippen LogP contribution is 2.44. The number of nitrogens with one attached hydrogen (secondary N) is 2. The van der Waals surface area contributed by atoms with Crippen molar-refractivity contribution in [2.24, 2.45) is 11.8 Å². The number of urea groups is 1. The molecule has 1 saturated heterocycles. The third-order valence-electron chi connectivity index (χ3n) is 7.53. The van der Waals surface area contributed by atoms with E-state index in [1.807, 2.05) is 0 Å². The molecule has 1 aromatic rings. The normalized spacial score (nSPS) is 22.5. The van der Waals surface area contributed by atoms with E-state index in [9.17, 15) is 27.5 Å². The molecule has 0 radical (unpaired) electrons. The Bertz CT molecular complexity index is 867. The van der Waals surface area contributed by atoms with Crippen LogP contribution in [0.15, 0.2) is 18.2 Å². The number of benzene rings is 1. The van der Waals surface area contributed by atoms with Crippen LogP contribution < -0.4 is 10.6 Å². The van der Waals surface area contributed by atoms with Crippen molar-refractivity contribution < 1.29 is 32.2 Å². The van der Waals surface area contributed by atoms with Gasteiger partial charge in [0.15, 0.2) is 11.6 Å². The van der Waals surface area contributed by atoms with Crippen molar-refractivity contribution in [2.45, 2.75) is 68.9 Å². The first-order chi connectivity index (χ1) is 17.1. The highest BCUT2D eigenvalue weighted by molar-refractivity contribution is 5.74. The van der Waals surface area contributed by atoms with Gasteiger partial charge >= 0.3 is 6.03 Å². The first kappa shape index (κ1) is 28.7. The van der Waals surface area contributed by atoms with E-state index >= 15 is 0 Å². The lowest BCUT2D eigenvalue weighted by atomic mass is 9.74. The molecular weight excluding hydrogens is 478 g/mol. The largest absolute Gasteiger partial charge is 0.385 e. The number of carbonyl (C=O) groups excluding carboxylic acids is 1. The minimum absolute atomic E-state index is 0.0915. The average molecular weight is 518 g/mol. The van der Waals surface area contributed by atoms with E-state index in [0.717, 1.165) is 6.07 Å². The Kier molecular flexibility index (Phi) is 10.00. The summed E-state index contributed by atoms with van der Waals surface area (Å²) in [6, 6.07) is 3.16. The number of amides is 2. The SMILES string of the molecule is CNCC(CC1CC(F)(F)C1)NC(=O)N1CCCC(C(O)(CCCCOC)c2cccc(F)c2F)C1. The number of likely N-dealkylation sites (N-methyl/N-ethyl adjacent to an activating group) is 1. The van der Waals surface area contributed by atoms with E-state index in [0.29, 0.717) is 51.8 Å². The van der Waals surface area contributed by atoms with Gasteiger partial charge in [-0.1, -0.05) is 12.1 Å². The van der Waals surface area contributed by atoms with E-state index in [4.69, 9.17) is 4.74 Å². The number of piperidine rings is 1. The van der Waals surface area contributed by atoms with Crippen LogP contribution in [0.25, 0.3) is 0 Å². The average Bonchev–Trinajstić information content (AvgIpc) is 2.82. The molecule has 0 bridgehead atoms. The fourth-order valence-corrected chi connectivity index (χ4v) is 5.65. The first-order valence-corrected chi connectivity index (χ1v) is 12.8. The number of aliphatic hydroxyl groups is 1. The summed E-state index contributed by atoms with van der Waals surface area (Å²) in [5.74, 6) is -5.34. The van der Waals surface area contributed by atoms with Gasteiger partial charge in [0.2, 0.25) is 5.92 Å². The van der Waals surface area contributed by atoms with Crippen molar-refractivity contribution in [1.29, 1.82) is 0 Å². The number of carbonyl (C=O) groups is 1. The zero-order valence-electron chi connectivity index (χ0n) is 21.2. The van der Waals surface area contributed by atoms with Crippen LogP contribution in [-0.4, -0.2) is 68.4 Å². The van der Waals surface area contributed by atoms with Crippen LogP contribution in [0.5, 0.6) is 0 Å². The molecule has 0 spiro atoms. The van der Waals surface area contributed by atoms with Gasteiger partial charge in [-0.3, -0.25) is 0 Å². The van der Waals surface area contributed by atoms with Gasteiger partial charge in [0, 0.05) is 63.7 Å². The number of hydrogen-bond acceptors (Lipinski definition) is 4. The molecule has 1 saturated carbocycles. The number of hydrogen-bond donors (Lipinski definition) is 3. The highest BCUT2D eigenvalue weighted by Gasteiger charge is 2.46. The van der Waals surface area contributed by atoms with E-state index in [1.54, 1.807) is 19.1 Å². The summed E-state index contributed by atoms with van der Waals surface area (Å²) < 4.78 is 60.5. The number of alkyl halides is 2. The van der Waals surface area contributed by atoms with Crippen LogP contribution in [0.1, 0.15) is 56.9 Å². The summed E-state index contributed by atoms with van der Waals surface area (Å²) in [6.07, 6.45) is 2.68. The molecule has 2 fully saturated rings. The standard InChI is InChI=1S/C26H39F4N3O3/c1-31-16-20(13-18-14-25(29,30)15-18)32-24(34)33-11-6-7-19(17-33)26(35,10-3-4-12-36-2)21-8-5-9-22(27)23(21)28/h5,8-9,18-20,31,35H,3-4,6-7,10-17H2,1-2H3,(H,32,34).